The maximum Gasteiger partial charge on any atom is 0.170 e. The van der Waals surface area contributed by atoms with Gasteiger partial charge in [-0.3, -0.25) is 0 Å². The lowest BCUT2D eigenvalue weighted by molar-refractivity contribution is 0.143. The van der Waals surface area contributed by atoms with Crippen LogP contribution in [0.2, 0.25) is 0 Å². The Morgan fingerprint density at radius 2 is 2.04 bits per heavy atom. The molecule has 0 radical (unpaired) electrons. The first kappa shape index (κ1) is 20.0. The summed E-state index contributed by atoms with van der Waals surface area (Å²) in [4.78, 5) is 2.65. The van der Waals surface area contributed by atoms with Crippen molar-refractivity contribution in [2.45, 2.75) is 65.0 Å². The highest BCUT2D eigenvalue weighted by Gasteiger charge is 2.19. The van der Waals surface area contributed by atoms with Crippen LogP contribution in [-0.4, -0.2) is 41.8 Å². The molecule has 0 amide bonds. The maximum atomic E-state index is 5.65. The van der Waals surface area contributed by atoms with Crippen molar-refractivity contribution in [3.8, 4) is 5.75 Å². The number of thiocarbonyl (C=S) groups is 1. The standard InChI is InChI=1S/C20H33N3OS/c1-4-18-8-5-6-14-23(18)15-7-13-21-20(25)22-17-9-11-19(12-10-17)24-16(2)3/h9-12,16,18H,4-8,13-15H2,1-3H3,(H2,21,22,25)/t18-/m1/s1. The van der Waals surface area contributed by atoms with E-state index in [9.17, 15) is 0 Å². The van der Waals surface area contributed by atoms with Gasteiger partial charge in [0.05, 0.1) is 6.10 Å². The van der Waals surface area contributed by atoms with Gasteiger partial charge in [0.2, 0.25) is 0 Å². The Balaban J connectivity index is 1.65. The van der Waals surface area contributed by atoms with E-state index in [2.05, 4.69) is 22.5 Å². The molecule has 2 rings (SSSR count). The predicted molar refractivity (Wildman–Crippen MR) is 111 cm³/mol. The fraction of sp³-hybridized carbons (Fsp3) is 0.650. The second-order valence-electron chi connectivity index (χ2n) is 7.02. The molecule has 0 unspecified atom stereocenters. The normalized spacial score (nSPS) is 18.2. The number of ether oxygens (including phenoxy) is 1. The van der Waals surface area contributed by atoms with E-state index in [0.29, 0.717) is 5.11 Å². The largest absolute Gasteiger partial charge is 0.491 e. The van der Waals surface area contributed by atoms with Crippen LogP contribution in [0.15, 0.2) is 24.3 Å². The van der Waals surface area contributed by atoms with Gasteiger partial charge in [0.15, 0.2) is 5.11 Å². The quantitative estimate of drug-likeness (QED) is 0.528. The lowest BCUT2D eigenvalue weighted by Crippen LogP contribution is -2.40. The van der Waals surface area contributed by atoms with Crippen molar-refractivity contribution in [2.24, 2.45) is 0 Å². The van der Waals surface area contributed by atoms with E-state index >= 15 is 0 Å². The van der Waals surface area contributed by atoms with Gasteiger partial charge in [-0.25, -0.2) is 0 Å². The molecule has 0 spiro atoms. The summed E-state index contributed by atoms with van der Waals surface area (Å²) in [5.74, 6) is 0.881. The Morgan fingerprint density at radius 3 is 2.72 bits per heavy atom. The molecule has 0 saturated carbocycles. The van der Waals surface area contributed by atoms with Gasteiger partial charge in [-0.15, -0.1) is 0 Å². The molecule has 0 bridgehead atoms. The molecule has 1 aromatic rings. The topological polar surface area (TPSA) is 36.5 Å². The molecule has 140 valence electrons. The number of nitrogens with one attached hydrogen (secondary N) is 2. The lowest BCUT2D eigenvalue weighted by atomic mass is 10.00. The fourth-order valence-corrected chi connectivity index (χ4v) is 3.58. The van der Waals surface area contributed by atoms with E-state index in [-0.39, 0.29) is 6.10 Å². The fourth-order valence-electron chi connectivity index (χ4n) is 3.37. The molecule has 1 aliphatic rings. The van der Waals surface area contributed by atoms with Gasteiger partial charge in [-0.2, -0.15) is 0 Å². The zero-order valence-corrected chi connectivity index (χ0v) is 16.7. The number of nitrogens with zero attached hydrogens (tertiary/aromatic N) is 1. The van der Waals surface area contributed by atoms with Gasteiger partial charge in [-0.05, 0) is 82.6 Å². The second kappa shape index (κ2) is 10.6. The van der Waals surface area contributed by atoms with Crippen LogP contribution in [0.25, 0.3) is 0 Å². The summed E-state index contributed by atoms with van der Waals surface area (Å²) in [7, 11) is 0. The van der Waals surface area contributed by atoms with Crippen LogP contribution in [-0.2, 0) is 0 Å². The third-order valence-electron chi connectivity index (χ3n) is 4.61. The Morgan fingerprint density at radius 1 is 1.28 bits per heavy atom. The molecule has 2 N–H and O–H groups in total. The van der Waals surface area contributed by atoms with Crippen molar-refractivity contribution in [2.75, 3.05) is 25.0 Å². The third kappa shape index (κ3) is 7.20. The van der Waals surface area contributed by atoms with Gasteiger partial charge in [-0.1, -0.05) is 13.3 Å². The van der Waals surface area contributed by atoms with Crippen LogP contribution in [0.1, 0.15) is 52.9 Å². The van der Waals surface area contributed by atoms with Crippen LogP contribution in [0.5, 0.6) is 5.75 Å². The summed E-state index contributed by atoms with van der Waals surface area (Å²) in [5.41, 5.74) is 0.982. The third-order valence-corrected chi connectivity index (χ3v) is 4.86. The van der Waals surface area contributed by atoms with E-state index in [1.54, 1.807) is 0 Å². The Labute approximate surface area is 158 Å². The first-order valence-electron chi connectivity index (χ1n) is 9.64. The molecule has 4 nitrogen and oxygen atoms in total. The van der Waals surface area contributed by atoms with E-state index in [0.717, 1.165) is 37.0 Å². The monoisotopic (exact) mass is 363 g/mol. The number of rotatable bonds is 8. The van der Waals surface area contributed by atoms with Crippen molar-refractivity contribution in [1.82, 2.24) is 10.2 Å². The van der Waals surface area contributed by atoms with Gasteiger partial charge in [0, 0.05) is 24.8 Å². The summed E-state index contributed by atoms with van der Waals surface area (Å²) < 4.78 is 5.65. The van der Waals surface area contributed by atoms with Crippen molar-refractivity contribution >= 4 is 23.0 Å². The van der Waals surface area contributed by atoms with Crippen LogP contribution in [0.3, 0.4) is 0 Å². The van der Waals surface area contributed by atoms with Gasteiger partial charge in [0.25, 0.3) is 0 Å². The minimum atomic E-state index is 0.189. The van der Waals surface area contributed by atoms with Crippen LogP contribution < -0.4 is 15.4 Å². The summed E-state index contributed by atoms with van der Waals surface area (Å²) >= 11 is 5.39. The molecule has 1 saturated heterocycles. The highest BCUT2D eigenvalue weighted by atomic mass is 32.1. The van der Waals surface area contributed by atoms with Crippen LogP contribution in [0.4, 0.5) is 5.69 Å². The number of piperidine rings is 1. The number of likely N-dealkylation sites (tertiary alicyclic amines) is 1. The molecule has 1 atom stereocenters. The zero-order chi connectivity index (χ0) is 18.1. The average Bonchev–Trinajstić information content (AvgIpc) is 2.60. The minimum Gasteiger partial charge on any atom is -0.491 e. The number of hydrogen-bond donors (Lipinski definition) is 2. The zero-order valence-electron chi connectivity index (χ0n) is 15.9. The molecule has 1 aliphatic heterocycles. The highest BCUT2D eigenvalue weighted by Crippen LogP contribution is 2.19. The molecule has 25 heavy (non-hydrogen) atoms. The lowest BCUT2D eigenvalue weighted by Gasteiger charge is -2.35. The Bertz CT molecular complexity index is 518. The molecule has 1 fully saturated rings. The van der Waals surface area contributed by atoms with Gasteiger partial charge < -0.3 is 20.3 Å². The number of hydrogen-bond acceptors (Lipinski definition) is 3. The van der Waals surface area contributed by atoms with Crippen LogP contribution >= 0.6 is 12.2 Å². The number of anilines is 1. The summed E-state index contributed by atoms with van der Waals surface area (Å²) in [6.07, 6.45) is 6.68. The second-order valence-corrected chi connectivity index (χ2v) is 7.43. The molecular weight excluding hydrogens is 330 g/mol. The molecule has 1 aromatic carbocycles. The molecule has 0 aliphatic carbocycles. The van der Waals surface area contributed by atoms with E-state index in [4.69, 9.17) is 17.0 Å². The highest BCUT2D eigenvalue weighted by molar-refractivity contribution is 7.80. The summed E-state index contributed by atoms with van der Waals surface area (Å²) in [5, 5.41) is 7.23. The molecule has 1 heterocycles. The minimum absolute atomic E-state index is 0.189. The summed E-state index contributed by atoms with van der Waals surface area (Å²) in [6.45, 7) is 9.68. The van der Waals surface area contributed by atoms with E-state index < -0.39 is 0 Å². The Hall–Kier alpha value is -1.33. The van der Waals surface area contributed by atoms with Gasteiger partial charge >= 0.3 is 0 Å². The van der Waals surface area contributed by atoms with Crippen molar-refractivity contribution in [3.05, 3.63) is 24.3 Å². The number of benzene rings is 1. The Kier molecular flexibility index (Phi) is 8.49. The predicted octanol–water partition coefficient (Wildman–Crippen LogP) is 4.41. The molecular formula is C20H33N3OS. The summed E-state index contributed by atoms with van der Waals surface area (Å²) in [6, 6.07) is 8.69. The van der Waals surface area contributed by atoms with Crippen molar-refractivity contribution in [3.63, 3.8) is 0 Å². The van der Waals surface area contributed by atoms with Crippen molar-refractivity contribution < 1.29 is 4.74 Å². The van der Waals surface area contributed by atoms with Crippen LogP contribution in [0, 0.1) is 0 Å². The van der Waals surface area contributed by atoms with E-state index in [1.807, 2.05) is 38.1 Å². The van der Waals surface area contributed by atoms with E-state index in [1.165, 1.54) is 32.2 Å². The van der Waals surface area contributed by atoms with Gasteiger partial charge in [0.1, 0.15) is 5.75 Å². The SMILES string of the molecule is CC[C@@H]1CCCCN1CCCNC(=S)Nc1ccc(OC(C)C)cc1. The van der Waals surface area contributed by atoms with Crippen molar-refractivity contribution in [1.29, 1.82) is 0 Å². The smallest absolute Gasteiger partial charge is 0.170 e. The molecule has 5 heteroatoms. The average molecular weight is 364 g/mol. The first-order chi connectivity index (χ1) is 12.1. The molecule has 0 aromatic heterocycles. The maximum absolute atomic E-state index is 5.65. The first-order valence-corrected chi connectivity index (χ1v) is 10.0.